The monoisotopic (exact) mass is 269 g/mol. The van der Waals surface area contributed by atoms with Gasteiger partial charge in [-0.05, 0) is 40.9 Å². The molecule has 0 spiro atoms. The largest absolute Gasteiger partial charge is 0.467 e. The highest BCUT2D eigenvalue weighted by Crippen LogP contribution is 2.41. The standard InChI is InChI=1S/C11H12BrNO2/c1-15-10(14)11(6-7-11)13-9-5-3-2-4-8(9)12/h2-5,13H,6-7H2,1H3. The van der Waals surface area contributed by atoms with Crippen LogP contribution in [0.2, 0.25) is 0 Å². The molecule has 1 aliphatic carbocycles. The number of nitrogens with one attached hydrogen (secondary N) is 1. The molecule has 1 fully saturated rings. The van der Waals surface area contributed by atoms with Crippen molar-refractivity contribution in [3.8, 4) is 0 Å². The molecule has 0 bridgehead atoms. The molecule has 3 nitrogen and oxygen atoms in total. The smallest absolute Gasteiger partial charge is 0.331 e. The fourth-order valence-electron chi connectivity index (χ4n) is 1.52. The molecule has 2 rings (SSSR count). The Morgan fingerprint density at radius 2 is 2.13 bits per heavy atom. The Bertz CT molecular complexity index is 388. The zero-order valence-corrected chi connectivity index (χ0v) is 10.0. The number of methoxy groups -OCH3 is 1. The second-order valence-corrected chi connectivity index (χ2v) is 4.53. The highest BCUT2D eigenvalue weighted by atomic mass is 79.9. The summed E-state index contributed by atoms with van der Waals surface area (Å²) >= 11 is 3.43. The van der Waals surface area contributed by atoms with E-state index >= 15 is 0 Å². The quantitative estimate of drug-likeness (QED) is 0.858. The highest BCUT2D eigenvalue weighted by molar-refractivity contribution is 9.10. The normalized spacial score (nSPS) is 16.9. The molecule has 0 unspecified atom stereocenters. The maximum absolute atomic E-state index is 11.5. The van der Waals surface area contributed by atoms with Gasteiger partial charge in [-0.15, -0.1) is 0 Å². The maximum atomic E-state index is 11.5. The van der Waals surface area contributed by atoms with Gasteiger partial charge in [0.15, 0.2) is 0 Å². The average molecular weight is 270 g/mol. The molecule has 1 aromatic carbocycles. The van der Waals surface area contributed by atoms with Gasteiger partial charge in [0.25, 0.3) is 0 Å². The number of carbonyl (C=O) groups is 1. The topological polar surface area (TPSA) is 38.3 Å². The van der Waals surface area contributed by atoms with Gasteiger partial charge in [-0.3, -0.25) is 0 Å². The molecule has 1 aromatic rings. The minimum Gasteiger partial charge on any atom is -0.467 e. The highest BCUT2D eigenvalue weighted by Gasteiger charge is 2.51. The van der Waals surface area contributed by atoms with E-state index in [1.54, 1.807) is 0 Å². The number of rotatable bonds is 3. The Morgan fingerprint density at radius 3 is 2.67 bits per heavy atom. The summed E-state index contributed by atoms with van der Waals surface area (Å²) in [6.45, 7) is 0. The predicted octanol–water partition coefficient (Wildman–Crippen LogP) is 2.57. The van der Waals surface area contributed by atoms with Crippen LogP contribution in [0.15, 0.2) is 28.7 Å². The second-order valence-electron chi connectivity index (χ2n) is 3.68. The summed E-state index contributed by atoms with van der Waals surface area (Å²) < 4.78 is 5.73. The summed E-state index contributed by atoms with van der Waals surface area (Å²) in [6.07, 6.45) is 1.67. The minimum absolute atomic E-state index is 0.182. The lowest BCUT2D eigenvalue weighted by Gasteiger charge is -2.17. The van der Waals surface area contributed by atoms with Gasteiger partial charge in [-0.25, -0.2) is 4.79 Å². The molecule has 1 aliphatic rings. The number of hydrogen-bond acceptors (Lipinski definition) is 3. The van der Waals surface area contributed by atoms with Crippen LogP contribution in [0.4, 0.5) is 5.69 Å². The molecule has 1 saturated carbocycles. The number of carbonyl (C=O) groups excluding carboxylic acids is 1. The van der Waals surface area contributed by atoms with Crippen molar-refractivity contribution in [1.82, 2.24) is 0 Å². The molecule has 0 atom stereocenters. The Balaban J connectivity index is 2.16. The number of hydrogen-bond donors (Lipinski definition) is 1. The Labute approximate surface area is 96.9 Å². The molecule has 80 valence electrons. The van der Waals surface area contributed by atoms with Crippen molar-refractivity contribution in [2.24, 2.45) is 0 Å². The van der Waals surface area contributed by atoms with Crippen molar-refractivity contribution in [3.63, 3.8) is 0 Å². The molecule has 0 heterocycles. The van der Waals surface area contributed by atoms with E-state index in [9.17, 15) is 4.79 Å². The van der Waals surface area contributed by atoms with Gasteiger partial charge < -0.3 is 10.1 Å². The first-order valence-electron chi connectivity index (χ1n) is 4.79. The third-order valence-electron chi connectivity index (χ3n) is 2.57. The van der Waals surface area contributed by atoms with Crippen molar-refractivity contribution in [2.75, 3.05) is 12.4 Å². The molecule has 15 heavy (non-hydrogen) atoms. The van der Waals surface area contributed by atoms with Gasteiger partial charge in [-0.2, -0.15) is 0 Å². The number of benzene rings is 1. The lowest BCUT2D eigenvalue weighted by Crippen LogP contribution is -2.32. The van der Waals surface area contributed by atoms with E-state index in [2.05, 4.69) is 21.2 Å². The molecule has 0 saturated heterocycles. The summed E-state index contributed by atoms with van der Waals surface area (Å²) in [4.78, 5) is 11.5. The SMILES string of the molecule is COC(=O)C1(Nc2ccccc2Br)CC1. The van der Waals surface area contributed by atoms with Crippen molar-refractivity contribution in [1.29, 1.82) is 0 Å². The van der Waals surface area contributed by atoms with E-state index in [1.165, 1.54) is 7.11 Å². The van der Waals surface area contributed by atoms with E-state index in [1.807, 2.05) is 24.3 Å². The zero-order valence-electron chi connectivity index (χ0n) is 8.42. The molecular formula is C11H12BrNO2. The average Bonchev–Trinajstić information content (AvgIpc) is 3.01. The van der Waals surface area contributed by atoms with Crippen LogP contribution in [-0.2, 0) is 9.53 Å². The van der Waals surface area contributed by atoms with Gasteiger partial charge >= 0.3 is 5.97 Å². The van der Waals surface area contributed by atoms with Crippen LogP contribution in [0.1, 0.15) is 12.8 Å². The van der Waals surface area contributed by atoms with Crippen LogP contribution in [-0.4, -0.2) is 18.6 Å². The third-order valence-corrected chi connectivity index (χ3v) is 3.27. The van der Waals surface area contributed by atoms with E-state index in [4.69, 9.17) is 4.74 Å². The number of halogens is 1. The van der Waals surface area contributed by atoms with Crippen molar-refractivity contribution < 1.29 is 9.53 Å². The van der Waals surface area contributed by atoms with Crippen molar-refractivity contribution in [2.45, 2.75) is 18.4 Å². The zero-order chi connectivity index (χ0) is 10.9. The van der Waals surface area contributed by atoms with Crippen molar-refractivity contribution in [3.05, 3.63) is 28.7 Å². The van der Waals surface area contributed by atoms with Gasteiger partial charge in [-0.1, -0.05) is 12.1 Å². The van der Waals surface area contributed by atoms with Crippen LogP contribution in [0.3, 0.4) is 0 Å². The first-order chi connectivity index (χ1) is 7.18. The molecular weight excluding hydrogens is 258 g/mol. The Kier molecular flexibility index (Phi) is 2.69. The lowest BCUT2D eigenvalue weighted by atomic mass is 10.2. The second kappa shape index (κ2) is 3.85. The number of ether oxygens (including phenoxy) is 1. The molecule has 0 amide bonds. The Morgan fingerprint density at radius 1 is 1.47 bits per heavy atom. The van der Waals surface area contributed by atoms with Gasteiger partial charge in [0.1, 0.15) is 5.54 Å². The summed E-state index contributed by atoms with van der Waals surface area (Å²) in [7, 11) is 1.42. The minimum atomic E-state index is -0.487. The molecule has 0 aromatic heterocycles. The van der Waals surface area contributed by atoms with E-state index in [-0.39, 0.29) is 5.97 Å². The molecule has 0 aliphatic heterocycles. The predicted molar refractivity (Wildman–Crippen MR) is 61.7 cm³/mol. The van der Waals surface area contributed by atoms with E-state index in [0.29, 0.717) is 0 Å². The Hall–Kier alpha value is -1.03. The molecule has 4 heteroatoms. The first-order valence-corrected chi connectivity index (χ1v) is 5.58. The number of anilines is 1. The van der Waals surface area contributed by atoms with Crippen LogP contribution in [0.25, 0.3) is 0 Å². The fourth-order valence-corrected chi connectivity index (χ4v) is 1.90. The summed E-state index contributed by atoms with van der Waals surface area (Å²) in [5.74, 6) is -0.182. The summed E-state index contributed by atoms with van der Waals surface area (Å²) in [5, 5.41) is 3.23. The number of esters is 1. The van der Waals surface area contributed by atoms with Crippen LogP contribution < -0.4 is 5.32 Å². The van der Waals surface area contributed by atoms with Gasteiger partial charge in [0, 0.05) is 10.2 Å². The summed E-state index contributed by atoms with van der Waals surface area (Å²) in [6, 6.07) is 7.75. The van der Waals surface area contributed by atoms with Crippen LogP contribution in [0.5, 0.6) is 0 Å². The number of para-hydroxylation sites is 1. The van der Waals surface area contributed by atoms with Gasteiger partial charge in [0.2, 0.25) is 0 Å². The van der Waals surface area contributed by atoms with Crippen LogP contribution in [0, 0.1) is 0 Å². The van der Waals surface area contributed by atoms with Gasteiger partial charge in [0.05, 0.1) is 7.11 Å². The lowest BCUT2D eigenvalue weighted by molar-refractivity contribution is -0.142. The van der Waals surface area contributed by atoms with E-state index in [0.717, 1.165) is 23.0 Å². The molecule has 1 N–H and O–H groups in total. The summed E-state index contributed by atoms with van der Waals surface area (Å²) in [5.41, 5.74) is 0.443. The maximum Gasteiger partial charge on any atom is 0.331 e. The van der Waals surface area contributed by atoms with Crippen LogP contribution >= 0.6 is 15.9 Å². The van der Waals surface area contributed by atoms with E-state index < -0.39 is 5.54 Å². The van der Waals surface area contributed by atoms with Crippen molar-refractivity contribution >= 4 is 27.6 Å². The third kappa shape index (κ3) is 2.00. The fraction of sp³-hybridized carbons (Fsp3) is 0.364. The first kappa shape index (κ1) is 10.5. The molecule has 0 radical (unpaired) electrons.